The highest BCUT2D eigenvalue weighted by Crippen LogP contribution is 2.06. The number of hydrogen-bond donors (Lipinski definition) is 0. The third kappa shape index (κ3) is 0.767. The van der Waals surface area contributed by atoms with Crippen LogP contribution in [-0.2, 0) is 0 Å². The molecule has 2 aromatic heterocycles. The molecule has 0 unspecified atom stereocenters. The van der Waals surface area contributed by atoms with Crippen molar-refractivity contribution in [1.29, 1.82) is 5.26 Å². The molecule has 0 aromatic carbocycles. The summed E-state index contributed by atoms with van der Waals surface area (Å²) in [7, 11) is 0. The molecule has 0 aliphatic heterocycles. The lowest BCUT2D eigenvalue weighted by molar-refractivity contribution is 1.11. The van der Waals surface area contributed by atoms with Crippen LogP contribution in [0.2, 0.25) is 0 Å². The van der Waals surface area contributed by atoms with Crippen LogP contribution in [0.25, 0.3) is 5.52 Å². The molecule has 0 saturated heterocycles. The SMILES string of the molecule is N#Cc1ccc2cnccn12. The summed E-state index contributed by atoms with van der Waals surface area (Å²) >= 11 is 0. The zero-order valence-corrected chi connectivity index (χ0v) is 5.73. The minimum Gasteiger partial charge on any atom is -0.305 e. The zero-order chi connectivity index (χ0) is 7.68. The first-order valence-corrected chi connectivity index (χ1v) is 3.23. The predicted molar refractivity (Wildman–Crippen MR) is 39.9 cm³/mol. The number of nitrogens with zero attached hydrogens (tertiary/aromatic N) is 3. The normalized spacial score (nSPS) is 9.73. The molecule has 3 nitrogen and oxygen atoms in total. The second-order valence-corrected chi connectivity index (χ2v) is 2.20. The van der Waals surface area contributed by atoms with E-state index in [1.54, 1.807) is 29.1 Å². The van der Waals surface area contributed by atoms with Crippen LogP contribution in [0.15, 0.2) is 30.7 Å². The van der Waals surface area contributed by atoms with Crippen molar-refractivity contribution in [3.63, 3.8) is 0 Å². The van der Waals surface area contributed by atoms with E-state index in [1.807, 2.05) is 6.07 Å². The zero-order valence-electron chi connectivity index (χ0n) is 5.73. The minimum atomic E-state index is 0.641. The van der Waals surface area contributed by atoms with Gasteiger partial charge < -0.3 is 4.40 Å². The van der Waals surface area contributed by atoms with Crippen molar-refractivity contribution in [2.24, 2.45) is 0 Å². The van der Waals surface area contributed by atoms with E-state index in [-0.39, 0.29) is 0 Å². The molecule has 0 bridgehead atoms. The van der Waals surface area contributed by atoms with Gasteiger partial charge in [0.2, 0.25) is 0 Å². The summed E-state index contributed by atoms with van der Waals surface area (Å²) in [5, 5.41) is 8.63. The largest absolute Gasteiger partial charge is 0.305 e. The molecule has 2 rings (SSSR count). The number of aromatic nitrogens is 2. The van der Waals surface area contributed by atoms with Gasteiger partial charge in [0.05, 0.1) is 11.7 Å². The molecule has 0 radical (unpaired) electrons. The molecule has 0 N–H and O–H groups in total. The molecule has 2 aromatic rings. The van der Waals surface area contributed by atoms with Gasteiger partial charge in [-0.25, -0.2) is 0 Å². The Labute approximate surface area is 63.5 Å². The highest BCUT2D eigenvalue weighted by atomic mass is 14.9. The van der Waals surface area contributed by atoms with Gasteiger partial charge in [0.25, 0.3) is 0 Å². The maximum Gasteiger partial charge on any atom is 0.124 e. The van der Waals surface area contributed by atoms with E-state index < -0.39 is 0 Å². The molecule has 11 heavy (non-hydrogen) atoms. The van der Waals surface area contributed by atoms with Gasteiger partial charge in [0.15, 0.2) is 0 Å². The van der Waals surface area contributed by atoms with E-state index in [0.717, 1.165) is 5.52 Å². The van der Waals surface area contributed by atoms with Gasteiger partial charge in [0, 0.05) is 12.4 Å². The second kappa shape index (κ2) is 2.10. The van der Waals surface area contributed by atoms with Crippen LogP contribution in [0.1, 0.15) is 5.69 Å². The molecule has 0 aliphatic rings. The first kappa shape index (κ1) is 5.93. The summed E-state index contributed by atoms with van der Waals surface area (Å²) in [5.41, 5.74) is 1.59. The van der Waals surface area contributed by atoms with Gasteiger partial charge in [-0.15, -0.1) is 0 Å². The van der Waals surface area contributed by atoms with Gasteiger partial charge in [0.1, 0.15) is 11.8 Å². The van der Waals surface area contributed by atoms with Gasteiger partial charge in [-0.05, 0) is 12.1 Å². The molecular formula is C8H5N3. The van der Waals surface area contributed by atoms with E-state index in [9.17, 15) is 0 Å². The Morgan fingerprint density at radius 3 is 3.18 bits per heavy atom. The highest BCUT2D eigenvalue weighted by Gasteiger charge is 1.96. The van der Waals surface area contributed by atoms with Crippen molar-refractivity contribution < 1.29 is 0 Å². The Kier molecular flexibility index (Phi) is 1.13. The minimum absolute atomic E-state index is 0.641. The molecular weight excluding hydrogens is 138 g/mol. The van der Waals surface area contributed by atoms with E-state index in [0.29, 0.717) is 5.69 Å². The molecule has 52 valence electrons. The smallest absolute Gasteiger partial charge is 0.124 e. The van der Waals surface area contributed by atoms with Gasteiger partial charge in [-0.1, -0.05) is 0 Å². The third-order valence-electron chi connectivity index (χ3n) is 1.57. The Balaban J connectivity index is 2.89. The topological polar surface area (TPSA) is 41.1 Å². The van der Waals surface area contributed by atoms with Gasteiger partial charge >= 0.3 is 0 Å². The van der Waals surface area contributed by atoms with Gasteiger partial charge in [-0.3, -0.25) is 4.98 Å². The Bertz CT molecular complexity index is 422. The van der Waals surface area contributed by atoms with Gasteiger partial charge in [-0.2, -0.15) is 5.26 Å². The lowest BCUT2D eigenvalue weighted by Crippen LogP contribution is -1.86. The third-order valence-corrected chi connectivity index (χ3v) is 1.57. The van der Waals surface area contributed by atoms with E-state index in [1.165, 1.54) is 0 Å². The quantitative estimate of drug-likeness (QED) is 0.556. The highest BCUT2D eigenvalue weighted by molar-refractivity contribution is 5.49. The van der Waals surface area contributed by atoms with Crippen molar-refractivity contribution >= 4 is 5.52 Å². The Hall–Kier alpha value is -1.82. The molecule has 3 heteroatoms. The molecule has 0 fully saturated rings. The van der Waals surface area contributed by atoms with Crippen LogP contribution in [-0.4, -0.2) is 9.38 Å². The monoisotopic (exact) mass is 143 g/mol. The standard InChI is InChI=1S/C8H5N3/c9-5-7-1-2-8-6-10-3-4-11(7)8/h1-4,6H. The number of fused-ring (bicyclic) bond motifs is 1. The maximum absolute atomic E-state index is 8.63. The summed E-state index contributed by atoms with van der Waals surface area (Å²) in [4.78, 5) is 3.93. The van der Waals surface area contributed by atoms with Crippen molar-refractivity contribution in [3.8, 4) is 6.07 Å². The summed E-state index contributed by atoms with van der Waals surface area (Å²) in [6.45, 7) is 0. The predicted octanol–water partition coefficient (Wildman–Crippen LogP) is 1.21. The summed E-state index contributed by atoms with van der Waals surface area (Å²) in [5.74, 6) is 0. The summed E-state index contributed by atoms with van der Waals surface area (Å²) < 4.78 is 1.80. The molecule has 0 atom stereocenters. The van der Waals surface area contributed by atoms with Crippen molar-refractivity contribution in [3.05, 3.63) is 36.4 Å². The fourth-order valence-corrected chi connectivity index (χ4v) is 1.05. The Morgan fingerprint density at radius 1 is 1.45 bits per heavy atom. The summed E-state index contributed by atoms with van der Waals surface area (Å²) in [6, 6.07) is 5.73. The average molecular weight is 143 g/mol. The maximum atomic E-state index is 8.63. The second-order valence-electron chi connectivity index (χ2n) is 2.20. The molecule has 2 heterocycles. The van der Waals surface area contributed by atoms with E-state index >= 15 is 0 Å². The number of rotatable bonds is 0. The molecule has 0 saturated carbocycles. The van der Waals surface area contributed by atoms with Crippen molar-refractivity contribution in [1.82, 2.24) is 9.38 Å². The molecule has 0 aliphatic carbocycles. The fourth-order valence-electron chi connectivity index (χ4n) is 1.05. The average Bonchev–Trinajstić information content (AvgIpc) is 2.47. The van der Waals surface area contributed by atoms with Crippen molar-refractivity contribution in [2.75, 3.05) is 0 Å². The fraction of sp³-hybridized carbons (Fsp3) is 0. The van der Waals surface area contributed by atoms with Crippen molar-refractivity contribution in [2.45, 2.75) is 0 Å². The summed E-state index contributed by atoms with van der Waals surface area (Å²) in [6.07, 6.45) is 5.16. The first-order valence-electron chi connectivity index (χ1n) is 3.23. The lowest BCUT2D eigenvalue weighted by atomic mass is 10.5. The number of nitriles is 1. The van der Waals surface area contributed by atoms with Crippen LogP contribution >= 0.6 is 0 Å². The first-order chi connectivity index (χ1) is 5.42. The van der Waals surface area contributed by atoms with Crippen LogP contribution in [0.5, 0.6) is 0 Å². The van der Waals surface area contributed by atoms with E-state index in [2.05, 4.69) is 11.1 Å². The van der Waals surface area contributed by atoms with Crippen LogP contribution in [0, 0.1) is 11.3 Å². The van der Waals surface area contributed by atoms with E-state index in [4.69, 9.17) is 5.26 Å². The van der Waals surface area contributed by atoms with Crippen LogP contribution < -0.4 is 0 Å². The lowest BCUT2D eigenvalue weighted by Gasteiger charge is -1.91. The Morgan fingerprint density at radius 2 is 2.36 bits per heavy atom. The molecule has 0 spiro atoms. The molecule has 0 amide bonds. The number of hydrogen-bond acceptors (Lipinski definition) is 2. The van der Waals surface area contributed by atoms with Crippen LogP contribution in [0.4, 0.5) is 0 Å². The van der Waals surface area contributed by atoms with Crippen LogP contribution in [0.3, 0.4) is 0 Å².